The predicted molar refractivity (Wildman–Crippen MR) is 77.4 cm³/mol. The molecule has 1 unspecified atom stereocenters. The summed E-state index contributed by atoms with van der Waals surface area (Å²) >= 11 is 0. The SMILES string of the molecule is COCC(C)n1ccnc1NCCc1ccccc1F. The number of anilines is 1. The van der Waals surface area contributed by atoms with Crippen molar-refractivity contribution in [2.24, 2.45) is 0 Å². The molecule has 1 atom stereocenters. The fourth-order valence-corrected chi connectivity index (χ4v) is 2.14. The van der Waals surface area contributed by atoms with E-state index in [1.54, 1.807) is 25.4 Å². The van der Waals surface area contributed by atoms with Gasteiger partial charge in [0.25, 0.3) is 0 Å². The average Bonchev–Trinajstić information content (AvgIpc) is 2.90. The third kappa shape index (κ3) is 3.57. The summed E-state index contributed by atoms with van der Waals surface area (Å²) in [6, 6.07) is 7.04. The molecule has 0 fully saturated rings. The van der Waals surface area contributed by atoms with E-state index in [4.69, 9.17) is 4.74 Å². The lowest BCUT2D eigenvalue weighted by Crippen LogP contribution is -2.16. The summed E-state index contributed by atoms with van der Waals surface area (Å²) in [4.78, 5) is 4.28. The highest BCUT2D eigenvalue weighted by Crippen LogP contribution is 2.14. The maximum Gasteiger partial charge on any atom is 0.203 e. The molecular weight excluding hydrogens is 257 g/mol. The molecule has 1 N–H and O–H groups in total. The summed E-state index contributed by atoms with van der Waals surface area (Å²) in [5.74, 6) is 0.622. The maximum absolute atomic E-state index is 13.5. The Morgan fingerprint density at radius 2 is 2.20 bits per heavy atom. The van der Waals surface area contributed by atoms with Gasteiger partial charge in [-0.1, -0.05) is 18.2 Å². The first kappa shape index (κ1) is 14.5. The lowest BCUT2D eigenvalue weighted by Gasteiger charge is -2.16. The molecule has 2 rings (SSSR count). The number of methoxy groups -OCH3 is 1. The van der Waals surface area contributed by atoms with Gasteiger partial charge in [-0.2, -0.15) is 0 Å². The molecule has 108 valence electrons. The highest BCUT2D eigenvalue weighted by molar-refractivity contribution is 5.28. The van der Waals surface area contributed by atoms with Crippen LogP contribution in [-0.2, 0) is 11.2 Å². The van der Waals surface area contributed by atoms with Gasteiger partial charge in [-0.3, -0.25) is 0 Å². The van der Waals surface area contributed by atoms with Crippen molar-refractivity contribution < 1.29 is 9.13 Å². The van der Waals surface area contributed by atoms with E-state index in [2.05, 4.69) is 17.2 Å². The molecule has 0 spiro atoms. The Labute approximate surface area is 118 Å². The molecule has 0 bridgehead atoms. The molecular formula is C15H20FN3O. The zero-order valence-corrected chi connectivity index (χ0v) is 11.8. The minimum Gasteiger partial charge on any atom is -0.383 e. The van der Waals surface area contributed by atoms with Crippen molar-refractivity contribution in [2.45, 2.75) is 19.4 Å². The van der Waals surface area contributed by atoms with E-state index in [0.717, 1.165) is 5.95 Å². The van der Waals surface area contributed by atoms with E-state index in [9.17, 15) is 4.39 Å². The number of nitrogens with one attached hydrogen (secondary N) is 1. The Hall–Kier alpha value is -1.88. The second kappa shape index (κ2) is 7.05. The van der Waals surface area contributed by atoms with Gasteiger partial charge in [0.05, 0.1) is 12.6 Å². The third-order valence-electron chi connectivity index (χ3n) is 3.19. The monoisotopic (exact) mass is 277 g/mol. The van der Waals surface area contributed by atoms with Crippen molar-refractivity contribution in [1.82, 2.24) is 9.55 Å². The van der Waals surface area contributed by atoms with Gasteiger partial charge in [0, 0.05) is 26.0 Å². The van der Waals surface area contributed by atoms with Crippen LogP contribution in [0.25, 0.3) is 0 Å². The van der Waals surface area contributed by atoms with Crippen LogP contribution < -0.4 is 5.32 Å². The molecule has 5 heteroatoms. The zero-order valence-electron chi connectivity index (χ0n) is 11.8. The van der Waals surface area contributed by atoms with Crippen molar-refractivity contribution in [3.8, 4) is 0 Å². The molecule has 0 aliphatic heterocycles. The van der Waals surface area contributed by atoms with Gasteiger partial charge in [0.2, 0.25) is 5.95 Å². The first-order valence-corrected chi connectivity index (χ1v) is 6.71. The molecule has 20 heavy (non-hydrogen) atoms. The fraction of sp³-hybridized carbons (Fsp3) is 0.400. The number of rotatable bonds is 7. The molecule has 1 aromatic heterocycles. The number of imidazole rings is 1. The van der Waals surface area contributed by atoms with Crippen LogP contribution in [0.4, 0.5) is 10.3 Å². The van der Waals surface area contributed by atoms with Crippen LogP contribution in [0, 0.1) is 5.82 Å². The number of ether oxygens (including phenoxy) is 1. The summed E-state index contributed by atoms with van der Waals surface area (Å²) in [6.07, 6.45) is 4.28. The third-order valence-corrected chi connectivity index (χ3v) is 3.19. The number of nitrogens with zero attached hydrogens (tertiary/aromatic N) is 2. The second-order valence-electron chi connectivity index (χ2n) is 4.73. The Balaban J connectivity index is 1.92. The number of benzene rings is 1. The molecule has 0 saturated carbocycles. The lowest BCUT2D eigenvalue weighted by molar-refractivity contribution is 0.163. The number of hydrogen-bond donors (Lipinski definition) is 1. The Bertz CT molecular complexity index is 541. The van der Waals surface area contributed by atoms with Crippen LogP contribution >= 0.6 is 0 Å². The van der Waals surface area contributed by atoms with E-state index in [0.29, 0.717) is 25.1 Å². The molecule has 2 aromatic rings. The van der Waals surface area contributed by atoms with Crippen molar-refractivity contribution in [3.05, 3.63) is 48.0 Å². The molecule has 1 heterocycles. The van der Waals surface area contributed by atoms with Crippen LogP contribution in [0.2, 0.25) is 0 Å². The Morgan fingerprint density at radius 3 is 2.95 bits per heavy atom. The maximum atomic E-state index is 13.5. The summed E-state index contributed by atoms with van der Waals surface area (Å²) < 4.78 is 20.7. The molecule has 0 radical (unpaired) electrons. The van der Waals surface area contributed by atoms with Crippen molar-refractivity contribution >= 4 is 5.95 Å². The molecule has 1 aromatic carbocycles. The van der Waals surface area contributed by atoms with Crippen molar-refractivity contribution in [2.75, 3.05) is 25.6 Å². The lowest BCUT2D eigenvalue weighted by atomic mass is 10.1. The van der Waals surface area contributed by atoms with E-state index in [1.807, 2.05) is 16.8 Å². The fourth-order valence-electron chi connectivity index (χ4n) is 2.14. The van der Waals surface area contributed by atoms with E-state index in [1.165, 1.54) is 6.07 Å². The number of halogens is 1. The molecule has 0 aliphatic rings. The van der Waals surface area contributed by atoms with Gasteiger partial charge >= 0.3 is 0 Å². The Kier molecular flexibility index (Phi) is 5.12. The van der Waals surface area contributed by atoms with Crippen LogP contribution in [0.5, 0.6) is 0 Å². The largest absolute Gasteiger partial charge is 0.383 e. The smallest absolute Gasteiger partial charge is 0.203 e. The van der Waals surface area contributed by atoms with E-state index >= 15 is 0 Å². The van der Waals surface area contributed by atoms with Crippen LogP contribution in [0.1, 0.15) is 18.5 Å². The van der Waals surface area contributed by atoms with Crippen LogP contribution in [-0.4, -0.2) is 29.8 Å². The first-order valence-electron chi connectivity index (χ1n) is 6.71. The van der Waals surface area contributed by atoms with Crippen molar-refractivity contribution in [1.29, 1.82) is 0 Å². The van der Waals surface area contributed by atoms with Crippen molar-refractivity contribution in [3.63, 3.8) is 0 Å². The quantitative estimate of drug-likeness (QED) is 0.846. The van der Waals surface area contributed by atoms with Crippen LogP contribution in [0.15, 0.2) is 36.7 Å². The minimum absolute atomic E-state index is 0.162. The average molecular weight is 277 g/mol. The van der Waals surface area contributed by atoms with Gasteiger partial charge in [-0.15, -0.1) is 0 Å². The van der Waals surface area contributed by atoms with Gasteiger partial charge in [-0.25, -0.2) is 9.37 Å². The molecule has 0 aliphatic carbocycles. The highest BCUT2D eigenvalue weighted by Gasteiger charge is 2.09. The normalized spacial score (nSPS) is 12.3. The topological polar surface area (TPSA) is 39.1 Å². The molecule has 0 saturated heterocycles. The summed E-state index contributed by atoms with van der Waals surface area (Å²) in [5.41, 5.74) is 0.711. The van der Waals surface area contributed by atoms with Gasteiger partial charge in [0.15, 0.2) is 0 Å². The summed E-state index contributed by atoms with van der Waals surface area (Å²) in [5, 5.41) is 3.24. The number of aromatic nitrogens is 2. The second-order valence-corrected chi connectivity index (χ2v) is 4.73. The predicted octanol–water partition coefficient (Wildman–Crippen LogP) is 2.88. The van der Waals surface area contributed by atoms with E-state index in [-0.39, 0.29) is 11.9 Å². The Morgan fingerprint density at radius 1 is 1.40 bits per heavy atom. The standard InChI is InChI=1S/C15H20FN3O/c1-12(11-20-2)19-10-9-18-15(19)17-8-7-13-5-3-4-6-14(13)16/h3-6,9-10,12H,7-8,11H2,1-2H3,(H,17,18). The number of hydrogen-bond acceptors (Lipinski definition) is 3. The molecule has 0 amide bonds. The summed E-state index contributed by atoms with van der Waals surface area (Å²) in [7, 11) is 1.68. The van der Waals surface area contributed by atoms with Gasteiger partial charge in [0.1, 0.15) is 5.82 Å². The van der Waals surface area contributed by atoms with Gasteiger partial charge < -0.3 is 14.6 Å². The van der Waals surface area contributed by atoms with Gasteiger partial charge in [-0.05, 0) is 25.0 Å². The molecule has 4 nitrogen and oxygen atoms in total. The highest BCUT2D eigenvalue weighted by atomic mass is 19.1. The summed E-state index contributed by atoms with van der Waals surface area (Å²) in [6.45, 7) is 3.32. The van der Waals surface area contributed by atoms with Crippen LogP contribution in [0.3, 0.4) is 0 Å². The first-order chi connectivity index (χ1) is 9.72. The zero-order chi connectivity index (χ0) is 14.4. The van der Waals surface area contributed by atoms with E-state index < -0.39 is 0 Å². The minimum atomic E-state index is -0.162.